The Hall–Kier alpha value is -2.20. The minimum atomic E-state index is -5.17. The molecular weight excluding hydrogens is 283 g/mol. The van der Waals surface area contributed by atoms with Crippen LogP contribution in [-0.4, -0.2) is 23.4 Å². The van der Waals surface area contributed by atoms with Gasteiger partial charge in [-0.15, -0.1) is 13.2 Å². The number of pyridine rings is 1. The first-order chi connectivity index (χ1) is 8.65. The topological polar surface area (TPSA) is 74.5 Å². The predicted octanol–water partition coefficient (Wildman–Crippen LogP) is 2.83. The van der Waals surface area contributed by atoms with Crippen LogP contribution >= 0.6 is 0 Å². The third kappa shape index (κ3) is 3.63. The fourth-order valence-corrected chi connectivity index (χ4v) is 1.18. The smallest absolute Gasteiger partial charge is 0.480 e. The number of hydrogen-bond donors (Lipinski definition) is 0. The normalized spacial score (nSPS) is 11.5. The second-order valence-electron chi connectivity index (χ2n) is 3.01. The second kappa shape index (κ2) is 5.20. The summed E-state index contributed by atoms with van der Waals surface area (Å²) in [6.45, 7) is 0. The Morgan fingerprint density at radius 1 is 1.42 bits per heavy atom. The van der Waals surface area contributed by atoms with Crippen LogP contribution in [0.1, 0.15) is 12.0 Å². The molecule has 1 rings (SSSR count). The van der Waals surface area contributed by atoms with Gasteiger partial charge in [0, 0.05) is 0 Å². The van der Waals surface area contributed by atoms with E-state index in [1.165, 1.54) is 0 Å². The molecule has 0 radical (unpaired) electrons. The van der Waals surface area contributed by atoms with Gasteiger partial charge in [0.2, 0.25) is 11.8 Å². The summed E-state index contributed by atoms with van der Waals surface area (Å²) in [6.07, 6.45) is -8.51. The van der Waals surface area contributed by atoms with Crippen molar-refractivity contribution in [3.8, 4) is 11.8 Å². The molecule has 1 aromatic heterocycles. The SMILES string of the molecule is COc1nc(OC(F)(F)F)cc([N+](=O)[O-])c1C(F)F. The molecule has 0 atom stereocenters. The molecule has 0 bridgehead atoms. The molecule has 0 saturated carbocycles. The lowest BCUT2D eigenvalue weighted by molar-refractivity contribution is -0.386. The number of rotatable bonds is 4. The number of alkyl halides is 5. The first-order valence-electron chi connectivity index (χ1n) is 4.43. The summed E-state index contributed by atoms with van der Waals surface area (Å²) < 4.78 is 68.7. The van der Waals surface area contributed by atoms with Gasteiger partial charge in [-0.05, 0) is 0 Å². The first kappa shape index (κ1) is 14.9. The van der Waals surface area contributed by atoms with Gasteiger partial charge in [0.25, 0.3) is 12.1 Å². The van der Waals surface area contributed by atoms with Crippen molar-refractivity contribution in [3.63, 3.8) is 0 Å². The summed E-state index contributed by atoms with van der Waals surface area (Å²) in [5.41, 5.74) is -2.50. The van der Waals surface area contributed by atoms with Gasteiger partial charge in [-0.25, -0.2) is 8.78 Å². The lowest BCUT2D eigenvalue weighted by atomic mass is 10.2. The van der Waals surface area contributed by atoms with Crippen molar-refractivity contribution in [2.75, 3.05) is 7.11 Å². The minimum Gasteiger partial charge on any atom is -0.480 e. The van der Waals surface area contributed by atoms with Crippen molar-refractivity contribution < 1.29 is 36.3 Å². The molecule has 0 aliphatic rings. The van der Waals surface area contributed by atoms with E-state index >= 15 is 0 Å². The van der Waals surface area contributed by atoms with E-state index in [1.807, 2.05) is 0 Å². The molecule has 0 saturated heterocycles. The summed E-state index contributed by atoms with van der Waals surface area (Å²) in [4.78, 5) is 12.3. The Balaban J connectivity index is 3.40. The molecule has 0 aliphatic carbocycles. The van der Waals surface area contributed by atoms with Crippen LogP contribution in [0.3, 0.4) is 0 Å². The van der Waals surface area contributed by atoms with Crippen LogP contribution in [0.2, 0.25) is 0 Å². The van der Waals surface area contributed by atoms with E-state index in [0.29, 0.717) is 0 Å². The average molecular weight is 288 g/mol. The number of hydrogen-bond acceptors (Lipinski definition) is 5. The van der Waals surface area contributed by atoms with Gasteiger partial charge in [0.05, 0.1) is 18.1 Å². The zero-order valence-electron chi connectivity index (χ0n) is 9.07. The lowest BCUT2D eigenvalue weighted by Crippen LogP contribution is -2.18. The van der Waals surface area contributed by atoms with Crippen LogP contribution in [0.25, 0.3) is 0 Å². The molecule has 6 nitrogen and oxygen atoms in total. The Morgan fingerprint density at radius 2 is 2.00 bits per heavy atom. The molecule has 0 aliphatic heterocycles. The van der Waals surface area contributed by atoms with Gasteiger partial charge in [0.15, 0.2) is 5.56 Å². The highest BCUT2D eigenvalue weighted by molar-refractivity contribution is 5.49. The van der Waals surface area contributed by atoms with Crippen molar-refractivity contribution in [2.45, 2.75) is 12.8 Å². The molecule has 1 heterocycles. The molecule has 1 aromatic rings. The maximum Gasteiger partial charge on any atom is 0.574 e. The van der Waals surface area contributed by atoms with Crippen LogP contribution < -0.4 is 9.47 Å². The zero-order chi connectivity index (χ0) is 14.8. The average Bonchev–Trinajstić information content (AvgIpc) is 2.24. The highest BCUT2D eigenvalue weighted by Gasteiger charge is 2.35. The van der Waals surface area contributed by atoms with Gasteiger partial charge in [0.1, 0.15) is 0 Å². The number of nitrogens with zero attached hydrogens (tertiary/aromatic N) is 2. The molecule has 106 valence electrons. The highest BCUT2D eigenvalue weighted by atomic mass is 19.4. The third-order valence-electron chi connectivity index (χ3n) is 1.81. The molecule has 0 aromatic carbocycles. The molecule has 0 unspecified atom stereocenters. The Bertz CT molecular complexity index is 491. The summed E-state index contributed by atoms with van der Waals surface area (Å²) in [5.74, 6) is -2.27. The van der Waals surface area contributed by atoms with Crippen LogP contribution in [-0.2, 0) is 0 Å². The van der Waals surface area contributed by atoms with E-state index in [9.17, 15) is 32.1 Å². The molecule has 0 spiro atoms. The lowest BCUT2D eigenvalue weighted by Gasteiger charge is -2.11. The van der Waals surface area contributed by atoms with Crippen molar-refractivity contribution >= 4 is 5.69 Å². The number of ether oxygens (including phenoxy) is 2. The summed E-state index contributed by atoms with van der Waals surface area (Å²) >= 11 is 0. The standard InChI is InChI=1S/C8H5F5N2O4/c1-18-7-5(6(9)10)3(15(16)17)2-4(14-7)19-8(11,12)13/h2,6H,1H3. The van der Waals surface area contributed by atoms with Crippen molar-refractivity contribution in [2.24, 2.45) is 0 Å². The molecule has 19 heavy (non-hydrogen) atoms. The molecular formula is C8H5F5N2O4. The van der Waals surface area contributed by atoms with Crippen molar-refractivity contribution in [1.82, 2.24) is 4.98 Å². The number of methoxy groups -OCH3 is 1. The number of halogens is 5. The highest BCUT2D eigenvalue weighted by Crippen LogP contribution is 2.38. The molecule has 11 heteroatoms. The first-order valence-corrected chi connectivity index (χ1v) is 4.43. The fraction of sp³-hybridized carbons (Fsp3) is 0.375. The van der Waals surface area contributed by atoms with E-state index in [-0.39, 0.29) is 6.07 Å². The van der Waals surface area contributed by atoms with Gasteiger partial charge in [-0.2, -0.15) is 4.98 Å². The van der Waals surface area contributed by atoms with Gasteiger partial charge in [-0.1, -0.05) is 0 Å². The largest absolute Gasteiger partial charge is 0.574 e. The fourth-order valence-electron chi connectivity index (χ4n) is 1.18. The van der Waals surface area contributed by atoms with Gasteiger partial charge >= 0.3 is 6.36 Å². The Labute approximate surface area is 101 Å². The monoisotopic (exact) mass is 288 g/mol. The van der Waals surface area contributed by atoms with E-state index in [2.05, 4.69) is 14.5 Å². The minimum absolute atomic E-state index is 0.150. The second-order valence-corrected chi connectivity index (χ2v) is 3.01. The van der Waals surface area contributed by atoms with Crippen LogP contribution in [0, 0.1) is 10.1 Å². The summed E-state index contributed by atoms with van der Waals surface area (Å²) in [7, 11) is 0.829. The summed E-state index contributed by atoms with van der Waals surface area (Å²) in [5, 5.41) is 10.6. The number of aromatic nitrogens is 1. The molecule has 0 amide bonds. The zero-order valence-corrected chi connectivity index (χ0v) is 9.07. The van der Waals surface area contributed by atoms with Crippen molar-refractivity contribution in [1.29, 1.82) is 0 Å². The van der Waals surface area contributed by atoms with Crippen LogP contribution in [0.15, 0.2) is 6.07 Å². The Kier molecular flexibility index (Phi) is 4.07. The van der Waals surface area contributed by atoms with E-state index in [0.717, 1.165) is 7.11 Å². The van der Waals surface area contributed by atoms with Crippen LogP contribution in [0.4, 0.5) is 27.6 Å². The molecule has 0 N–H and O–H groups in total. The molecule has 0 fully saturated rings. The van der Waals surface area contributed by atoms with Gasteiger partial charge in [-0.3, -0.25) is 10.1 Å². The summed E-state index contributed by atoms with van der Waals surface area (Å²) in [6, 6.07) is 0.150. The van der Waals surface area contributed by atoms with E-state index in [1.54, 1.807) is 0 Å². The predicted molar refractivity (Wildman–Crippen MR) is 49.1 cm³/mol. The maximum atomic E-state index is 12.6. The van der Waals surface area contributed by atoms with E-state index < -0.39 is 40.7 Å². The quantitative estimate of drug-likeness (QED) is 0.484. The van der Waals surface area contributed by atoms with Crippen molar-refractivity contribution in [3.05, 3.63) is 21.7 Å². The van der Waals surface area contributed by atoms with Gasteiger partial charge < -0.3 is 9.47 Å². The third-order valence-corrected chi connectivity index (χ3v) is 1.81. The van der Waals surface area contributed by atoms with E-state index in [4.69, 9.17) is 0 Å². The number of nitro groups is 1. The van der Waals surface area contributed by atoms with Crippen LogP contribution in [0.5, 0.6) is 11.8 Å². The maximum absolute atomic E-state index is 12.6. The Morgan fingerprint density at radius 3 is 2.37 bits per heavy atom.